The van der Waals surface area contributed by atoms with Gasteiger partial charge in [0.2, 0.25) is 0 Å². The number of nitrogens with zero attached hydrogens (tertiary/aromatic N) is 1. The molecule has 0 unspecified atom stereocenters. The van der Waals surface area contributed by atoms with Gasteiger partial charge in [0.25, 0.3) is 0 Å². The first-order chi connectivity index (χ1) is 13.3. The second-order valence-corrected chi connectivity index (χ2v) is 7.34. The van der Waals surface area contributed by atoms with Crippen LogP contribution in [0, 0.1) is 0 Å². The van der Waals surface area contributed by atoms with Crippen LogP contribution in [0.1, 0.15) is 47.2 Å². The monoisotopic (exact) mass is 391 g/mol. The molecule has 0 bridgehead atoms. The summed E-state index contributed by atoms with van der Waals surface area (Å²) in [6, 6.07) is 14.0. The Balaban J connectivity index is 1.48. The molecule has 28 heavy (non-hydrogen) atoms. The number of carbonyl (C=O) groups is 1. The van der Waals surface area contributed by atoms with Gasteiger partial charge < -0.3 is 10.0 Å². The van der Waals surface area contributed by atoms with Crippen molar-refractivity contribution in [3.63, 3.8) is 0 Å². The van der Waals surface area contributed by atoms with Crippen molar-refractivity contribution in [3.05, 3.63) is 71.3 Å². The highest BCUT2D eigenvalue weighted by atomic mass is 19.4. The van der Waals surface area contributed by atoms with Gasteiger partial charge >= 0.3 is 6.18 Å². The van der Waals surface area contributed by atoms with Crippen LogP contribution in [-0.2, 0) is 11.8 Å². The Morgan fingerprint density at radius 1 is 1.00 bits per heavy atom. The second kappa shape index (κ2) is 8.45. The van der Waals surface area contributed by atoms with Crippen molar-refractivity contribution in [1.29, 1.82) is 0 Å². The van der Waals surface area contributed by atoms with E-state index in [0.29, 0.717) is 37.9 Å². The van der Waals surface area contributed by atoms with Gasteiger partial charge in [0.05, 0.1) is 11.2 Å². The van der Waals surface area contributed by atoms with Crippen LogP contribution in [0.5, 0.6) is 0 Å². The summed E-state index contributed by atoms with van der Waals surface area (Å²) in [6.45, 7) is 2.07. The smallest absolute Gasteiger partial charge is 0.385 e. The summed E-state index contributed by atoms with van der Waals surface area (Å²) in [5.74, 6) is 0.124. The zero-order valence-electron chi connectivity index (χ0n) is 15.6. The highest BCUT2D eigenvalue weighted by Crippen LogP contribution is 2.35. The molecule has 1 heterocycles. The van der Waals surface area contributed by atoms with Crippen LogP contribution in [0.2, 0.25) is 0 Å². The summed E-state index contributed by atoms with van der Waals surface area (Å²) >= 11 is 0. The first-order valence-corrected chi connectivity index (χ1v) is 9.49. The zero-order chi connectivity index (χ0) is 20.2. The molecule has 0 aliphatic carbocycles. The molecule has 0 radical (unpaired) electrons. The summed E-state index contributed by atoms with van der Waals surface area (Å²) in [5.41, 5.74) is -0.557. The van der Waals surface area contributed by atoms with Gasteiger partial charge in [-0.05, 0) is 43.5 Å². The van der Waals surface area contributed by atoms with Crippen molar-refractivity contribution in [3.8, 4) is 0 Å². The van der Waals surface area contributed by atoms with E-state index in [9.17, 15) is 23.1 Å². The molecule has 1 saturated heterocycles. The van der Waals surface area contributed by atoms with Gasteiger partial charge in [-0.15, -0.1) is 0 Å². The number of halogens is 3. The molecule has 1 N–H and O–H groups in total. The normalized spacial score (nSPS) is 17.4. The summed E-state index contributed by atoms with van der Waals surface area (Å²) < 4.78 is 38.1. The van der Waals surface area contributed by atoms with Gasteiger partial charge in [-0.3, -0.25) is 4.79 Å². The topological polar surface area (TPSA) is 40.5 Å². The number of hydrogen-bond acceptors (Lipinski definition) is 3. The lowest BCUT2D eigenvalue weighted by Gasteiger charge is -2.38. The zero-order valence-corrected chi connectivity index (χ0v) is 15.6. The van der Waals surface area contributed by atoms with Crippen LogP contribution in [-0.4, -0.2) is 35.4 Å². The van der Waals surface area contributed by atoms with E-state index in [1.807, 2.05) is 30.3 Å². The predicted molar refractivity (Wildman–Crippen MR) is 101 cm³/mol. The Bertz CT molecular complexity index is 780. The molecule has 2 aromatic carbocycles. The van der Waals surface area contributed by atoms with Crippen molar-refractivity contribution < 1.29 is 23.1 Å². The molecule has 1 aliphatic heterocycles. The van der Waals surface area contributed by atoms with Gasteiger partial charge in [0.15, 0.2) is 5.78 Å². The van der Waals surface area contributed by atoms with Gasteiger partial charge in [0.1, 0.15) is 0 Å². The summed E-state index contributed by atoms with van der Waals surface area (Å²) in [7, 11) is 0. The Kier molecular flexibility index (Phi) is 6.20. The van der Waals surface area contributed by atoms with E-state index in [0.717, 1.165) is 30.7 Å². The van der Waals surface area contributed by atoms with Gasteiger partial charge in [0, 0.05) is 25.1 Å². The molecule has 150 valence electrons. The van der Waals surface area contributed by atoms with E-state index in [1.54, 1.807) is 0 Å². The van der Waals surface area contributed by atoms with E-state index in [2.05, 4.69) is 4.90 Å². The number of aliphatic hydroxyl groups is 1. The van der Waals surface area contributed by atoms with Crippen LogP contribution >= 0.6 is 0 Å². The first kappa shape index (κ1) is 20.6. The summed E-state index contributed by atoms with van der Waals surface area (Å²) in [6.07, 6.45) is -2.23. The van der Waals surface area contributed by atoms with E-state index in [-0.39, 0.29) is 5.78 Å². The SMILES string of the molecule is O=C(CCCN1CCC(O)(c2ccc(C(F)(F)F)cc2)CC1)c1ccccc1. The maximum absolute atomic E-state index is 12.7. The molecule has 0 amide bonds. The third-order valence-corrected chi connectivity index (χ3v) is 5.41. The number of likely N-dealkylation sites (tertiary alicyclic amines) is 1. The fourth-order valence-electron chi connectivity index (χ4n) is 3.64. The van der Waals surface area contributed by atoms with Gasteiger partial charge in [-0.2, -0.15) is 13.2 Å². The third kappa shape index (κ3) is 5.00. The number of carbonyl (C=O) groups excluding carboxylic acids is 1. The predicted octanol–water partition coefficient (Wildman–Crippen LogP) is 4.65. The molecule has 2 aromatic rings. The molecule has 0 saturated carbocycles. The third-order valence-electron chi connectivity index (χ3n) is 5.41. The molecule has 0 atom stereocenters. The quantitative estimate of drug-likeness (QED) is 0.729. The Labute approximate surface area is 162 Å². The highest BCUT2D eigenvalue weighted by molar-refractivity contribution is 5.95. The van der Waals surface area contributed by atoms with Crippen LogP contribution in [0.15, 0.2) is 54.6 Å². The van der Waals surface area contributed by atoms with Gasteiger partial charge in [-0.1, -0.05) is 42.5 Å². The maximum atomic E-state index is 12.7. The Morgan fingerprint density at radius 2 is 1.61 bits per heavy atom. The van der Waals surface area contributed by atoms with Crippen molar-refractivity contribution in [2.75, 3.05) is 19.6 Å². The highest BCUT2D eigenvalue weighted by Gasteiger charge is 2.35. The molecular formula is C22H24F3NO2. The number of rotatable bonds is 6. The minimum absolute atomic E-state index is 0.124. The minimum atomic E-state index is -4.37. The number of piperidine rings is 1. The standard InChI is InChI=1S/C22H24F3NO2/c23-22(24,25)19-10-8-18(9-11-19)21(28)12-15-26(16-13-21)14-4-7-20(27)17-5-2-1-3-6-17/h1-3,5-6,8-11,28H,4,7,12-16H2. The Morgan fingerprint density at radius 3 is 2.18 bits per heavy atom. The maximum Gasteiger partial charge on any atom is 0.416 e. The molecule has 6 heteroatoms. The summed E-state index contributed by atoms with van der Waals surface area (Å²) in [5, 5.41) is 10.9. The molecule has 0 spiro atoms. The molecule has 1 aliphatic rings. The largest absolute Gasteiger partial charge is 0.416 e. The number of alkyl halides is 3. The van der Waals surface area contributed by atoms with E-state index < -0.39 is 17.3 Å². The van der Waals surface area contributed by atoms with Crippen LogP contribution in [0.3, 0.4) is 0 Å². The van der Waals surface area contributed by atoms with Crippen LogP contribution in [0.25, 0.3) is 0 Å². The van der Waals surface area contributed by atoms with Crippen molar-refractivity contribution in [2.45, 2.75) is 37.5 Å². The van der Waals surface area contributed by atoms with Gasteiger partial charge in [-0.25, -0.2) is 0 Å². The minimum Gasteiger partial charge on any atom is -0.385 e. The Hall–Kier alpha value is -2.18. The molecular weight excluding hydrogens is 367 g/mol. The lowest BCUT2D eigenvalue weighted by Crippen LogP contribution is -2.43. The molecule has 3 nitrogen and oxygen atoms in total. The second-order valence-electron chi connectivity index (χ2n) is 7.34. The molecule has 0 aromatic heterocycles. The van der Waals surface area contributed by atoms with E-state index >= 15 is 0 Å². The fraction of sp³-hybridized carbons (Fsp3) is 0.409. The number of ketones is 1. The van der Waals surface area contributed by atoms with Crippen molar-refractivity contribution in [2.24, 2.45) is 0 Å². The van der Waals surface area contributed by atoms with Crippen molar-refractivity contribution >= 4 is 5.78 Å². The molecule has 3 rings (SSSR count). The van der Waals surface area contributed by atoms with E-state index in [1.165, 1.54) is 12.1 Å². The van der Waals surface area contributed by atoms with Crippen molar-refractivity contribution in [1.82, 2.24) is 4.90 Å². The average molecular weight is 391 g/mol. The fourth-order valence-corrected chi connectivity index (χ4v) is 3.64. The number of hydrogen-bond donors (Lipinski definition) is 1. The lowest BCUT2D eigenvalue weighted by atomic mass is 9.84. The number of Topliss-reactive ketones (excluding diaryl/α,β-unsaturated/α-hetero) is 1. The van der Waals surface area contributed by atoms with E-state index in [4.69, 9.17) is 0 Å². The molecule has 1 fully saturated rings. The first-order valence-electron chi connectivity index (χ1n) is 9.49. The summed E-state index contributed by atoms with van der Waals surface area (Å²) in [4.78, 5) is 14.3. The lowest BCUT2D eigenvalue weighted by molar-refractivity contribution is -0.137. The van der Waals surface area contributed by atoms with Crippen LogP contribution < -0.4 is 0 Å². The average Bonchev–Trinajstić information content (AvgIpc) is 2.69. The van der Waals surface area contributed by atoms with Crippen LogP contribution in [0.4, 0.5) is 13.2 Å². The number of benzene rings is 2.